The highest BCUT2D eigenvalue weighted by molar-refractivity contribution is 5.92. The Hall–Kier alpha value is -2.20. The lowest BCUT2D eigenvalue weighted by Gasteiger charge is -2.28. The number of alkyl halides is 3. The van der Waals surface area contributed by atoms with E-state index < -0.39 is 18.8 Å². The van der Waals surface area contributed by atoms with Crippen molar-refractivity contribution < 1.29 is 18.3 Å². The van der Waals surface area contributed by atoms with Gasteiger partial charge in [0, 0.05) is 24.0 Å². The third kappa shape index (κ3) is 3.63. The minimum absolute atomic E-state index is 0.278. The Kier molecular flexibility index (Phi) is 4.77. The number of fused-ring (bicyclic) bond motifs is 3. The molecule has 1 unspecified atom stereocenters. The van der Waals surface area contributed by atoms with E-state index in [2.05, 4.69) is 25.6 Å². The highest BCUT2D eigenvalue weighted by Gasteiger charge is 2.37. The van der Waals surface area contributed by atoms with E-state index in [9.17, 15) is 13.2 Å². The molecule has 146 valence electrons. The third-order valence-corrected chi connectivity index (χ3v) is 5.38. The predicted octanol–water partition coefficient (Wildman–Crippen LogP) is 2.39. The minimum Gasteiger partial charge on any atom is -0.382 e. The molecule has 4 rings (SSSR count). The summed E-state index contributed by atoms with van der Waals surface area (Å²) in [7, 11) is 0. The summed E-state index contributed by atoms with van der Waals surface area (Å²) in [6, 6.07) is 1.96. The predicted molar refractivity (Wildman–Crippen MR) is 92.3 cm³/mol. The molecule has 0 aromatic carbocycles. The second-order valence-corrected chi connectivity index (χ2v) is 7.19. The number of aromatic nitrogens is 5. The molecule has 1 aliphatic rings. The molecule has 1 atom stereocenters. The molecule has 27 heavy (non-hydrogen) atoms. The fourth-order valence-electron chi connectivity index (χ4n) is 3.87. The van der Waals surface area contributed by atoms with Crippen LogP contribution in [0.4, 0.5) is 13.2 Å². The lowest BCUT2D eigenvalue weighted by atomic mass is 9.80. The van der Waals surface area contributed by atoms with Gasteiger partial charge in [0.15, 0.2) is 6.10 Å². The third-order valence-electron chi connectivity index (χ3n) is 5.38. The molecule has 7 nitrogen and oxygen atoms in total. The second kappa shape index (κ2) is 7.08. The Morgan fingerprint density at radius 3 is 2.81 bits per heavy atom. The van der Waals surface area contributed by atoms with E-state index in [0.29, 0.717) is 12.5 Å². The fourth-order valence-corrected chi connectivity index (χ4v) is 3.87. The monoisotopic (exact) mass is 382 g/mol. The molecule has 10 heteroatoms. The SMILES string of the molecule is OC(CNCC1CCC(c2nnn3cnc4[nH]ccc4c23)CC1)C(F)(F)F. The average molecular weight is 382 g/mol. The van der Waals surface area contributed by atoms with E-state index in [-0.39, 0.29) is 5.92 Å². The van der Waals surface area contributed by atoms with Gasteiger partial charge < -0.3 is 15.4 Å². The van der Waals surface area contributed by atoms with Crippen LogP contribution in [0.25, 0.3) is 16.6 Å². The van der Waals surface area contributed by atoms with Gasteiger partial charge in [-0.2, -0.15) is 13.2 Å². The lowest BCUT2D eigenvalue weighted by Crippen LogP contribution is -2.40. The maximum atomic E-state index is 12.3. The molecule has 3 aromatic heterocycles. The molecule has 0 saturated heterocycles. The molecule has 1 fully saturated rings. The Morgan fingerprint density at radius 2 is 2.07 bits per heavy atom. The smallest absolute Gasteiger partial charge is 0.382 e. The number of H-pyrrole nitrogens is 1. The number of aromatic amines is 1. The molecule has 3 heterocycles. The first kappa shape index (κ1) is 18.2. The molecule has 0 bridgehead atoms. The van der Waals surface area contributed by atoms with Crippen LogP contribution in [-0.2, 0) is 0 Å². The Morgan fingerprint density at radius 1 is 1.30 bits per heavy atom. The van der Waals surface area contributed by atoms with Gasteiger partial charge in [0.05, 0.1) is 5.69 Å². The van der Waals surface area contributed by atoms with Crippen molar-refractivity contribution in [1.82, 2.24) is 30.1 Å². The van der Waals surface area contributed by atoms with E-state index in [1.165, 1.54) is 0 Å². The maximum Gasteiger partial charge on any atom is 0.415 e. The molecule has 3 aromatic rings. The molecule has 1 saturated carbocycles. The van der Waals surface area contributed by atoms with Crippen LogP contribution in [-0.4, -0.2) is 55.3 Å². The Labute approximate surface area is 153 Å². The number of aliphatic hydroxyl groups is 1. The van der Waals surface area contributed by atoms with Crippen molar-refractivity contribution in [3.63, 3.8) is 0 Å². The summed E-state index contributed by atoms with van der Waals surface area (Å²) in [5.74, 6) is 0.581. The highest BCUT2D eigenvalue weighted by atomic mass is 19.4. The zero-order valence-corrected chi connectivity index (χ0v) is 14.6. The molecular weight excluding hydrogens is 361 g/mol. The van der Waals surface area contributed by atoms with E-state index in [1.807, 2.05) is 12.3 Å². The standard InChI is InChI=1S/C17H21F3N6O/c18-17(19,20)13(27)8-21-7-10-1-3-11(4-2-10)14-15-12-5-6-22-16(12)23-9-26(15)25-24-14/h5-6,9-11,13,21-22,27H,1-4,7-8H2. The quantitative estimate of drug-likeness (QED) is 0.630. The summed E-state index contributed by atoms with van der Waals surface area (Å²) < 4.78 is 38.7. The van der Waals surface area contributed by atoms with Crippen LogP contribution in [0.2, 0.25) is 0 Å². The van der Waals surface area contributed by atoms with Crippen molar-refractivity contribution in [3.05, 3.63) is 24.3 Å². The minimum atomic E-state index is -4.57. The van der Waals surface area contributed by atoms with Crippen LogP contribution < -0.4 is 5.32 Å². The fraction of sp³-hybridized carbons (Fsp3) is 0.588. The molecule has 0 spiro atoms. The summed E-state index contributed by atoms with van der Waals surface area (Å²) in [6.07, 6.45) is 0.235. The van der Waals surface area contributed by atoms with Crippen LogP contribution in [0.3, 0.4) is 0 Å². The molecule has 3 N–H and O–H groups in total. The number of nitrogens with one attached hydrogen (secondary N) is 2. The molecular formula is C17H21F3N6O. The maximum absolute atomic E-state index is 12.3. The van der Waals surface area contributed by atoms with Crippen molar-refractivity contribution in [2.24, 2.45) is 5.92 Å². The van der Waals surface area contributed by atoms with Gasteiger partial charge in [-0.15, -0.1) is 5.10 Å². The van der Waals surface area contributed by atoms with E-state index >= 15 is 0 Å². The van der Waals surface area contributed by atoms with E-state index in [0.717, 1.165) is 47.9 Å². The number of nitrogens with zero attached hydrogens (tertiary/aromatic N) is 4. The number of aliphatic hydroxyl groups excluding tert-OH is 1. The molecule has 0 aliphatic heterocycles. The van der Waals surface area contributed by atoms with Gasteiger partial charge in [-0.3, -0.25) is 0 Å². The van der Waals surface area contributed by atoms with Crippen LogP contribution in [0.5, 0.6) is 0 Å². The van der Waals surface area contributed by atoms with Crippen LogP contribution in [0.15, 0.2) is 18.6 Å². The summed E-state index contributed by atoms with van der Waals surface area (Å²) in [4.78, 5) is 7.39. The van der Waals surface area contributed by atoms with Crippen molar-refractivity contribution in [1.29, 1.82) is 0 Å². The average Bonchev–Trinajstić information content (AvgIpc) is 3.27. The van der Waals surface area contributed by atoms with Crippen molar-refractivity contribution >= 4 is 16.6 Å². The van der Waals surface area contributed by atoms with Gasteiger partial charge in [0.1, 0.15) is 17.5 Å². The van der Waals surface area contributed by atoms with Gasteiger partial charge in [-0.05, 0) is 44.2 Å². The lowest BCUT2D eigenvalue weighted by molar-refractivity contribution is -0.201. The number of hydrogen-bond acceptors (Lipinski definition) is 5. The van der Waals surface area contributed by atoms with Gasteiger partial charge in [0.25, 0.3) is 0 Å². The first-order valence-electron chi connectivity index (χ1n) is 9.06. The largest absolute Gasteiger partial charge is 0.415 e. The van der Waals surface area contributed by atoms with E-state index in [1.54, 1.807) is 10.8 Å². The molecule has 0 radical (unpaired) electrons. The summed E-state index contributed by atoms with van der Waals surface area (Å²) >= 11 is 0. The summed E-state index contributed by atoms with van der Waals surface area (Å²) in [5, 5.41) is 21.3. The molecule has 1 aliphatic carbocycles. The first-order valence-corrected chi connectivity index (χ1v) is 9.06. The van der Waals surface area contributed by atoms with Crippen molar-refractivity contribution in [2.75, 3.05) is 13.1 Å². The highest BCUT2D eigenvalue weighted by Crippen LogP contribution is 2.37. The van der Waals surface area contributed by atoms with Crippen LogP contribution in [0, 0.1) is 5.92 Å². The van der Waals surface area contributed by atoms with E-state index in [4.69, 9.17) is 5.11 Å². The topological polar surface area (TPSA) is 91.1 Å². The van der Waals surface area contributed by atoms with Gasteiger partial charge in [0.2, 0.25) is 0 Å². The van der Waals surface area contributed by atoms with Crippen molar-refractivity contribution in [2.45, 2.75) is 43.9 Å². The van der Waals surface area contributed by atoms with Gasteiger partial charge in [-0.1, -0.05) is 5.21 Å². The zero-order valence-electron chi connectivity index (χ0n) is 14.6. The molecule has 0 amide bonds. The second-order valence-electron chi connectivity index (χ2n) is 7.19. The normalized spacial score (nSPS) is 22.5. The summed E-state index contributed by atoms with van der Waals surface area (Å²) in [6.45, 7) is 0.0194. The Balaban J connectivity index is 1.37. The number of halogens is 3. The van der Waals surface area contributed by atoms with Crippen LogP contribution in [0.1, 0.15) is 37.3 Å². The van der Waals surface area contributed by atoms with Crippen LogP contribution >= 0.6 is 0 Å². The first-order chi connectivity index (χ1) is 12.9. The van der Waals surface area contributed by atoms with Gasteiger partial charge in [-0.25, -0.2) is 9.50 Å². The summed E-state index contributed by atoms with van der Waals surface area (Å²) in [5.41, 5.74) is 2.73. The Bertz CT molecular complexity index is 912. The van der Waals surface area contributed by atoms with Crippen molar-refractivity contribution in [3.8, 4) is 0 Å². The van der Waals surface area contributed by atoms with Gasteiger partial charge >= 0.3 is 6.18 Å². The number of hydrogen-bond donors (Lipinski definition) is 3. The zero-order chi connectivity index (χ0) is 19.0. The number of rotatable bonds is 5.